The van der Waals surface area contributed by atoms with Crippen molar-refractivity contribution in [1.82, 2.24) is 4.72 Å². The Morgan fingerprint density at radius 3 is 2.33 bits per heavy atom. The molecule has 0 aliphatic heterocycles. The van der Waals surface area contributed by atoms with Gasteiger partial charge in [0.1, 0.15) is 0 Å². The normalized spacial score (nSPS) is 15.1. The highest BCUT2D eigenvalue weighted by atomic mass is 32.2. The van der Waals surface area contributed by atoms with Gasteiger partial charge in [0.2, 0.25) is 0 Å². The van der Waals surface area contributed by atoms with Crippen molar-refractivity contribution in [3.05, 3.63) is 48.0 Å². The maximum atomic E-state index is 12.2. The Balaban J connectivity index is 2.86. The Bertz CT molecular complexity index is 417. The minimum atomic E-state index is -1.07. The van der Waals surface area contributed by atoms with Gasteiger partial charge in [-0.25, -0.2) is 8.93 Å². The van der Waals surface area contributed by atoms with Crippen LogP contribution in [0.5, 0.6) is 0 Å². The number of hydrogen-bond acceptors (Lipinski definition) is 1. The molecule has 0 spiro atoms. The first-order chi connectivity index (χ1) is 8.34. The van der Waals surface area contributed by atoms with Crippen LogP contribution in [-0.4, -0.2) is 8.96 Å². The Hall–Kier alpha value is -0.930. The van der Waals surface area contributed by atoms with E-state index in [0.717, 1.165) is 12.0 Å². The van der Waals surface area contributed by atoms with Crippen LogP contribution < -0.4 is 4.72 Å². The lowest BCUT2D eigenvalue weighted by molar-refractivity contribution is 0.601. The Morgan fingerprint density at radius 1 is 1.33 bits per heavy atom. The molecule has 3 heteroatoms. The fourth-order valence-electron chi connectivity index (χ4n) is 1.52. The summed E-state index contributed by atoms with van der Waals surface area (Å²) in [6.45, 7) is 11.7. The van der Waals surface area contributed by atoms with E-state index in [1.165, 1.54) is 5.56 Å². The second kappa shape index (κ2) is 6.30. The molecule has 100 valence electrons. The lowest BCUT2D eigenvalue weighted by Crippen LogP contribution is -2.35. The summed E-state index contributed by atoms with van der Waals surface area (Å²) >= 11 is 0. The van der Waals surface area contributed by atoms with Crippen molar-refractivity contribution in [3.8, 4) is 0 Å². The third-order valence-corrected chi connectivity index (χ3v) is 4.30. The second-order valence-electron chi connectivity index (χ2n) is 5.49. The van der Waals surface area contributed by atoms with Gasteiger partial charge in [-0.15, -0.1) is 6.58 Å². The number of hydrogen-bond donors (Lipinski definition) is 1. The monoisotopic (exact) mass is 265 g/mol. The lowest BCUT2D eigenvalue weighted by Gasteiger charge is -2.24. The van der Waals surface area contributed by atoms with E-state index >= 15 is 0 Å². The smallest absolute Gasteiger partial charge is 0.0976 e. The molecule has 0 fully saturated rings. The summed E-state index contributed by atoms with van der Waals surface area (Å²) in [6.07, 6.45) is 2.63. The van der Waals surface area contributed by atoms with Crippen LogP contribution in [0.4, 0.5) is 0 Å². The van der Waals surface area contributed by atoms with Crippen molar-refractivity contribution in [2.75, 3.05) is 0 Å². The number of nitrogens with one attached hydrogen (secondary N) is 1. The SMILES string of the molecule is C=CC[C@@H](NS(=O)C(C)(C)C)c1ccc(C)cc1. The quantitative estimate of drug-likeness (QED) is 0.809. The van der Waals surface area contributed by atoms with Gasteiger partial charge in [0.05, 0.1) is 15.7 Å². The van der Waals surface area contributed by atoms with E-state index in [4.69, 9.17) is 0 Å². The molecule has 0 radical (unpaired) electrons. The van der Waals surface area contributed by atoms with Crippen LogP contribution >= 0.6 is 0 Å². The third-order valence-electron chi connectivity index (χ3n) is 2.69. The molecule has 18 heavy (non-hydrogen) atoms. The average Bonchev–Trinajstić information content (AvgIpc) is 2.28. The third kappa shape index (κ3) is 4.39. The number of aryl methyl sites for hydroxylation is 1. The van der Waals surface area contributed by atoms with Gasteiger partial charge < -0.3 is 0 Å². The fourth-order valence-corrected chi connectivity index (χ4v) is 2.37. The van der Waals surface area contributed by atoms with E-state index in [1.54, 1.807) is 0 Å². The predicted octanol–water partition coefficient (Wildman–Crippen LogP) is 3.66. The zero-order valence-corrected chi connectivity index (χ0v) is 12.5. The largest absolute Gasteiger partial charge is 0.242 e. The van der Waals surface area contributed by atoms with Crippen LogP contribution in [0.2, 0.25) is 0 Å². The minimum Gasteiger partial charge on any atom is -0.242 e. The Morgan fingerprint density at radius 2 is 1.89 bits per heavy atom. The van der Waals surface area contributed by atoms with Crippen molar-refractivity contribution in [2.24, 2.45) is 0 Å². The molecule has 0 aromatic heterocycles. The highest BCUT2D eigenvalue weighted by molar-refractivity contribution is 7.84. The average molecular weight is 265 g/mol. The Labute approximate surface area is 113 Å². The van der Waals surface area contributed by atoms with Gasteiger partial charge in [-0.1, -0.05) is 35.9 Å². The van der Waals surface area contributed by atoms with E-state index in [-0.39, 0.29) is 10.8 Å². The molecule has 1 aromatic rings. The molecule has 0 saturated carbocycles. The first-order valence-electron chi connectivity index (χ1n) is 6.20. The first kappa shape index (κ1) is 15.1. The summed E-state index contributed by atoms with van der Waals surface area (Å²) < 4.78 is 15.1. The van der Waals surface area contributed by atoms with Crippen molar-refractivity contribution in [2.45, 2.75) is 44.9 Å². The van der Waals surface area contributed by atoms with Gasteiger partial charge in [0.25, 0.3) is 0 Å². The molecular weight excluding hydrogens is 242 g/mol. The van der Waals surface area contributed by atoms with Crippen LogP contribution in [0, 0.1) is 6.92 Å². The molecule has 0 heterocycles. The van der Waals surface area contributed by atoms with E-state index in [0.29, 0.717) is 0 Å². The molecule has 0 amide bonds. The van der Waals surface area contributed by atoms with Gasteiger partial charge in [-0.05, 0) is 39.7 Å². The van der Waals surface area contributed by atoms with Crippen molar-refractivity contribution >= 4 is 11.0 Å². The molecule has 2 nitrogen and oxygen atoms in total. The van der Waals surface area contributed by atoms with E-state index < -0.39 is 11.0 Å². The molecular formula is C15H23NOS. The van der Waals surface area contributed by atoms with Crippen molar-refractivity contribution in [3.63, 3.8) is 0 Å². The highest BCUT2D eigenvalue weighted by Gasteiger charge is 2.22. The van der Waals surface area contributed by atoms with Crippen LogP contribution in [-0.2, 0) is 11.0 Å². The molecule has 2 atom stereocenters. The summed E-state index contributed by atoms with van der Waals surface area (Å²) in [5.41, 5.74) is 2.38. The summed E-state index contributed by atoms with van der Waals surface area (Å²) in [5.74, 6) is 0. The van der Waals surface area contributed by atoms with Crippen LogP contribution in [0.1, 0.15) is 44.4 Å². The predicted molar refractivity (Wildman–Crippen MR) is 79.8 cm³/mol. The molecule has 0 aliphatic rings. The molecule has 1 aromatic carbocycles. The highest BCUT2D eigenvalue weighted by Crippen LogP contribution is 2.21. The number of benzene rings is 1. The molecule has 1 unspecified atom stereocenters. The van der Waals surface area contributed by atoms with Crippen LogP contribution in [0.3, 0.4) is 0 Å². The molecule has 0 bridgehead atoms. The summed E-state index contributed by atoms with van der Waals surface area (Å²) in [6, 6.07) is 8.37. The molecule has 0 aliphatic carbocycles. The van der Waals surface area contributed by atoms with Gasteiger partial charge in [0.15, 0.2) is 0 Å². The topological polar surface area (TPSA) is 29.1 Å². The summed E-state index contributed by atoms with van der Waals surface area (Å²) in [4.78, 5) is 0. The first-order valence-corrected chi connectivity index (χ1v) is 7.35. The summed E-state index contributed by atoms with van der Waals surface area (Å²) in [5, 5.41) is 0. The zero-order chi connectivity index (χ0) is 13.8. The minimum absolute atomic E-state index is 0.0585. The molecule has 0 saturated heterocycles. The fraction of sp³-hybridized carbons (Fsp3) is 0.467. The van der Waals surface area contributed by atoms with Crippen molar-refractivity contribution in [1.29, 1.82) is 0 Å². The zero-order valence-electron chi connectivity index (χ0n) is 11.7. The lowest BCUT2D eigenvalue weighted by atomic mass is 10.0. The molecule has 1 N–H and O–H groups in total. The van der Waals surface area contributed by atoms with Gasteiger partial charge in [0, 0.05) is 6.04 Å². The van der Waals surface area contributed by atoms with Crippen LogP contribution in [0.15, 0.2) is 36.9 Å². The summed E-state index contributed by atoms with van der Waals surface area (Å²) in [7, 11) is -1.07. The van der Waals surface area contributed by atoms with E-state index in [1.807, 2.05) is 26.8 Å². The number of rotatable bonds is 5. The standard InChI is InChI=1S/C15H23NOS/c1-6-7-14(16-18(17)15(3,4)5)13-10-8-12(2)9-11-13/h6,8-11,14,16H,1,7H2,2-5H3/t14-,18?/m1/s1. The van der Waals surface area contributed by atoms with Crippen LogP contribution in [0.25, 0.3) is 0 Å². The van der Waals surface area contributed by atoms with Gasteiger partial charge in [-0.2, -0.15) is 0 Å². The Kier molecular flexibility index (Phi) is 5.29. The maximum absolute atomic E-state index is 12.2. The van der Waals surface area contributed by atoms with E-state index in [2.05, 4.69) is 42.5 Å². The van der Waals surface area contributed by atoms with Gasteiger partial charge >= 0.3 is 0 Å². The van der Waals surface area contributed by atoms with E-state index in [9.17, 15) is 4.21 Å². The molecule has 1 rings (SSSR count). The van der Waals surface area contributed by atoms with Gasteiger partial charge in [-0.3, -0.25) is 0 Å². The van der Waals surface area contributed by atoms with Crippen molar-refractivity contribution < 1.29 is 4.21 Å². The second-order valence-corrected chi connectivity index (χ2v) is 7.48. The maximum Gasteiger partial charge on any atom is 0.0976 e.